The number of hydrogen-bond acceptors (Lipinski definition) is 2. The van der Waals surface area contributed by atoms with Crippen molar-refractivity contribution in [2.75, 3.05) is 31.5 Å². The molecule has 24 heavy (non-hydrogen) atoms. The Hall–Kier alpha value is -1.75. The Morgan fingerprint density at radius 3 is 2.33 bits per heavy atom. The monoisotopic (exact) mass is 363 g/mol. The minimum absolute atomic E-state index is 0.0459. The fraction of sp³-hybridized carbons (Fsp3) is 0.278. The smallest absolute Gasteiger partial charge is 0.321 e. The van der Waals surface area contributed by atoms with Crippen molar-refractivity contribution in [1.82, 2.24) is 9.80 Å². The number of rotatable bonds is 3. The Bertz CT molecular complexity index is 701. The summed E-state index contributed by atoms with van der Waals surface area (Å²) in [5, 5.41) is 4.08. The van der Waals surface area contributed by atoms with Gasteiger partial charge in [-0.1, -0.05) is 47.5 Å². The third-order valence-corrected chi connectivity index (χ3v) is 4.81. The molecule has 0 unspecified atom stereocenters. The third-order valence-electron chi connectivity index (χ3n) is 4.07. The van der Waals surface area contributed by atoms with Gasteiger partial charge in [-0.25, -0.2) is 4.79 Å². The Morgan fingerprint density at radius 2 is 1.67 bits per heavy atom. The topological polar surface area (TPSA) is 35.6 Å². The lowest BCUT2D eigenvalue weighted by molar-refractivity contribution is 0.143. The van der Waals surface area contributed by atoms with E-state index < -0.39 is 0 Å². The van der Waals surface area contributed by atoms with Gasteiger partial charge in [0.15, 0.2) is 0 Å². The van der Waals surface area contributed by atoms with Gasteiger partial charge in [-0.3, -0.25) is 4.90 Å². The molecule has 126 valence electrons. The van der Waals surface area contributed by atoms with Gasteiger partial charge in [0.2, 0.25) is 0 Å². The molecule has 0 atom stereocenters. The van der Waals surface area contributed by atoms with E-state index in [1.165, 1.54) is 0 Å². The first kappa shape index (κ1) is 17.1. The molecular weight excluding hydrogens is 345 g/mol. The van der Waals surface area contributed by atoms with Gasteiger partial charge >= 0.3 is 6.03 Å². The Balaban J connectivity index is 1.50. The van der Waals surface area contributed by atoms with E-state index in [1.807, 2.05) is 53.4 Å². The van der Waals surface area contributed by atoms with Crippen molar-refractivity contribution in [2.24, 2.45) is 0 Å². The Labute approximate surface area is 152 Å². The minimum Gasteiger partial charge on any atom is -0.322 e. The van der Waals surface area contributed by atoms with E-state index in [0.717, 1.165) is 30.9 Å². The molecule has 1 fully saturated rings. The molecule has 0 aromatic heterocycles. The minimum atomic E-state index is -0.0459. The number of amides is 2. The van der Waals surface area contributed by atoms with E-state index >= 15 is 0 Å². The van der Waals surface area contributed by atoms with E-state index in [0.29, 0.717) is 23.1 Å². The van der Waals surface area contributed by atoms with E-state index in [4.69, 9.17) is 23.2 Å². The van der Waals surface area contributed by atoms with Crippen LogP contribution in [0.3, 0.4) is 0 Å². The summed E-state index contributed by atoms with van der Waals surface area (Å²) in [6.45, 7) is 3.90. The van der Waals surface area contributed by atoms with E-state index in [1.54, 1.807) is 0 Å². The van der Waals surface area contributed by atoms with Crippen molar-refractivity contribution < 1.29 is 4.79 Å². The molecule has 4 nitrogen and oxygen atoms in total. The normalized spacial score (nSPS) is 15.3. The predicted molar refractivity (Wildman–Crippen MR) is 98.8 cm³/mol. The zero-order chi connectivity index (χ0) is 16.9. The second-order valence-corrected chi connectivity index (χ2v) is 6.62. The fourth-order valence-corrected chi connectivity index (χ4v) is 3.05. The van der Waals surface area contributed by atoms with Gasteiger partial charge in [0.05, 0.1) is 10.0 Å². The standard InChI is InChI=1S/C18H19Cl2N3O/c19-16-7-6-14(12-17(16)20)13-22-8-10-23(11-9-22)18(24)21-15-4-2-1-3-5-15/h1-7,12H,8-11,13H2,(H,21,24). The summed E-state index contributed by atoms with van der Waals surface area (Å²) in [7, 11) is 0. The van der Waals surface area contributed by atoms with E-state index in [9.17, 15) is 4.79 Å². The summed E-state index contributed by atoms with van der Waals surface area (Å²) in [6, 6.07) is 15.2. The largest absolute Gasteiger partial charge is 0.322 e. The van der Waals surface area contributed by atoms with Crippen LogP contribution < -0.4 is 5.32 Å². The lowest BCUT2D eigenvalue weighted by Crippen LogP contribution is -2.49. The van der Waals surface area contributed by atoms with Crippen molar-refractivity contribution in [3.8, 4) is 0 Å². The lowest BCUT2D eigenvalue weighted by Gasteiger charge is -2.34. The molecule has 0 spiro atoms. The zero-order valence-corrected chi connectivity index (χ0v) is 14.7. The number of halogens is 2. The van der Waals surface area contributed by atoms with E-state index in [2.05, 4.69) is 10.2 Å². The highest BCUT2D eigenvalue weighted by Crippen LogP contribution is 2.23. The van der Waals surface area contributed by atoms with Gasteiger partial charge in [0.25, 0.3) is 0 Å². The van der Waals surface area contributed by atoms with Gasteiger partial charge in [-0.2, -0.15) is 0 Å². The van der Waals surface area contributed by atoms with Gasteiger partial charge in [0.1, 0.15) is 0 Å². The van der Waals surface area contributed by atoms with Gasteiger partial charge in [0, 0.05) is 38.4 Å². The average Bonchev–Trinajstić information content (AvgIpc) is 2.60. The quantitative estimate of drug-likeness (QED) is 0.879. The number of benzene rings is 2. The molecule has 2 aromatic rings. The molecule has 0 aliphatic carbocycles. The molecule has 0 radical (unpaired) electrons. The van der Waals surface area contributed by atoms with Crippen molar-refractivity contribution >= 4 is 34.9 Å². The van der Waals surface area contributed by atoms with Crippen molar-refractivity contribution in [1.29, 1.82) is 0 Å². The van der Waals surface area contributed by atoms with Crippen molar-refractivity contribution in [3.05, 3.63) is 64.1 Å². The Kier molecular flexibility index (Phi) is 5.61. The van der Waals surface area contributed by atoms with Crippen LogP contribution in [0.5, 0.6) is 0 Å². The number of hydrogen-bond donors (Lipinski definition) is 1. The van der Waals surface area contributed by atoms with Crippen LogP contribution in [0.15, 0.2) is 48.5 Å². The molecule has 1 N–H and O–H groups in total. The molecule has 3 rings (SSSR count). The average molecular weight is 364 g/mol. The summed E-state index contributed by atoms with van der Waals surface area (Å²) < 4.78 is 0. The molecule has 2 amide bonds. The molecule has 1 aliphatic heterocycles. The van der Waals surface area contributed by atoms with Gasteiger partial charge in [-0.05, 0) is 29.8 Å². The number of para-hydroxylation sites is 1. The molecule has 0 saturated carbocycles. The molecule has 1 aliphatic rings. The number of piperazine rings is 1. The number of carbonyl (C=O) groups is 1. The van der Waals surface area contributed by atoms with Crippen LogP contribution in [0.2, 0.25) is 10.0 Å². The third kappa shape index (κ3) is 4.41. The summed E-state index contributed by atoms with van der Waals surface area (Å²) in [5.74, 6) is 0. The maximum atomic E-state index is 12.3. The van der Waals surface area contributed by atoms with Gasteiger partial charge in [-0.15, -0.1) is 0 Å². The second-order valence-electron chi connectivity index (χ2n) is 5.81. The summed E-state index contributed by atoms with van der Waals surface area (Å²) >= 11 is 12.0. The molecular formula is C18H19Cl2N3O. The number of nitrogens with zero attached hydrogens (tertiary/aromatic N) is 2. The van der Waals surface area contributed by atoms with Crippen LogP contribution >= 0.6 is 23.2 Å². The van der Waals surface area contributed by atoms with Crippen LogP contribution in [0.25, 0.3) is 0 Å². The van der Waals surface area contributed by atoms with Crippen LogP contribution in [0.4, 0.5) is 10.5 Å². The summed E-state index contributed by atoms with van der Waals surface area (Å²) in [4.78, 5) is 16.4. The van der Waals surface area contributed by atoms with Crippen molar-refractivity contribution in [3.63, 3.8) is 0 Å². The fourth-order valence-electron chi connectivity index (χ4n) is 2.73. The van der Waals surface area contributed by atoms with E-state index in [-0.39, 0.29) is 6.03 Å². The first-order chi connectivity index (χ1) is 11.6. The molecule has 2 aromatic carbocycles. The van der Waals surface area contributed by atoms with Crippen LogP contribution in [-0.4, -0.2) is 42.0 Å². The van der Waals surface area contributed by atoms with Crippen LogP contribution in [-0.2, 0) is 6.54 Å². The molecule has 1 heterocycles. The van der Waals surface area contributed by atoms with Crippen molar-refractivity contribution in [2.45, 2.75) is 6.54 Å². The highest BCUT2D eigenvalue weighted by atomic mass is 35.5. The zero-order valence-electron chi connectivity index (χ0n) is 13.2. The molecule has 1 saturated heterocycles. The van der Waals surface area contributed by atoms with Crippen LogP contribution in [0, 0.1) is 0 Å². The highest BCUT2D eigenvalue weighted by Gasteiger charge is 2.21. The maximum Gasteiger partial charge on any atom is 0.321 e. The van der Waals surface area contributed by atoms with Gasteiger partial charge < -0.3 is 10.2 Å². The number of anilines is 1. The lowest BCUT2D eigenvalue weighted by atomic mass is 10.2. The number of nitrogens with one attached hydrogen (secondary N) is 1. The number of carbonyl (C=O) groups excluding carboxylic acids is 1. The predicted octanol–water partition coefficient (Wildman–Crippen LogP) is 4.34. The summed E-state index contributed by atoms with van der Waals surface area (Å²) in [6.07, 6.45) is 0. The molecule has 0 bridgehead atoms. The second kappa shape index (κ2) is 7.88. The first-order valence-electron chi connectivity index (χ1n) is 7.89. The first-order valence-corrected chi connectivity index (χ1v) is 8.65. The maximum absolute atomic E-state index is 12.3. The SMILES string of the molecule is O=C(Nc1ccccc1)N1CCN(Cc2ccc(Cl)c(Cl)c2)CC1. The number of urea groups is 1. The highest BCUT2D eigenvalue weighted by molar-refractivity contribution is 6.42. The van der Waals surface area contributed by atoms with Crippen LogP contribution in [0.1, 0.15) is 5.56 Å². The molecule has 6 heteroatoms. The Morgan fingerprint density at radius 1 is 0.958 bits per heavy atom. The summed E-state index contributed by atoms with van der Waals surface area (Å²) in [5.41, 5.74) is 1.95.